The van der Waals surface area contributed by atoms with Crippen LogP contribution in [0.5, 0.6) is 0 Å². The highest BCUT2D eigenvalue weighted by atomic mass is 32.2. The van der Waals surface area contributed by atoms with Gasteiger partial charge in [-0.15, -0.1) is 5.10 Å². The van der Waals surface area contributed by atoms with Gasteiger partial charge in [0.15, 0.2) is 5.65 Å². The molecule has 1 aromatic carbocycles. The summed E-state index contributed by atoms with van der Waals surface area (Å²) in [4.78, 5) is 18.9. The van der Waals surface area contributed by atoms with Gasteiger partial charge in [0, 0.05) is 11.1 Å². The molecule has 3 rings (SSSR count). The van der Waals surface area contributed by atoms with E-state index in [0.717, 1.165) is 22.7 Å². The Morgan fingerprint density at radius 2 is 2.22 bits per heavy atom. The van der Waals surface area contributed by atoms with Crippen LogP contribution in [0.3, 0.4) is 0 Å². The van der Waals surface area contributed by atoms with Gasteiger partial charge in [-0.3, -0.25) is 0 Å². The van der Waals surface area contributed by atoms with E-state index in [1.807, 2.05) is 24.3 Å². The number of para-hydroxylation sites is 1. The van der Waals surface area contributed by atoms with Crippen LogP contribution in [0, 0.1) is 0 Å². The van der Waals surface area contributed by atoms with Gasteiger partial charge in [0.1, 0.15) is 6.33 Å². The zero-order chi connectivity index (χ0) is 12.5. The highest BCUT2D eigenvalue weighted by Crippen LogP contribution is 2.19. The van der Waals surface area contributed by atoms with Crippen LogP contribution in [0.4, 0.5) is 0 Å². The highest BCUT2D eigenvalue weighted by molar-refractivity contribution is 7.99. The molecule has 2 aromatic heterocycles. The zero-order valence-electron chi connectivity index (χ0n) is 9.11. The second-order valence-electron chi connectivity index (χ2n) is 3.58. The lowest BCUT2D eigenvalue weighted by molar-refractivity contribution is -0.301. The quantitative estimate of drug-likeness (QED) is 0.621. The standard InChI is InChI=1S/C11H8N4O2S/c16-9(17)5-18-11-13-10-7-3-1-2-4-8(7)12-6-15(10)14-11/h1-4,6H,5H2,(H,16,17)/p-1. The molecule has 0 N–H and O–H groups in total. The number of thioether (sulfide) groups is 1. The molecule has 0 aliphatic carbocycles. The lowest BCUT2D eigenvalue weighted by Crippen LogP contribution is -2.24. The lowest BCUT2D eigenvalue weighted by Gasteiger charge is -1.96. The van der Waals surface area contributed by atoms with Gasteiger partial charge in [0.05, 0.1) is 11.5 Å². The summed E-state index contributed by atoms with van der Waals surface area (Å²) in [6, 6.07) is 7.58. The lowest BCUT2D eigenvalue weighted by atomic mass is 10.2. The molecule has 0 saturated heterocycles. The Morgan fingerprint density at radius 3 is 3.06 bits per heavy atom. The summed E-state index contributed by atoms with van der Waals surface area (Å²) in [5, 5.41) is 15.8. The Kier molecular flexibility index (Phi) is 2.60. The van der Waals surface area contributed by atoms with E-state index in [1.165, 1.54) is 0 Å². The molecule has 0 atom stereocenters. The summed E-state index contributed by atoms with van der Waals surface area (Å²) in [5.74, 6) is -1.30. The molecule has 0 fully saturated rings. The maximum atomic E-state index is 10.4. The van der Waals surface area contributed by atoms with Crippen molar-refractivity contribution in [3.63, 3.8) is 0 Å². The van der Waals surface area contributed by atoms with Crippen molar-refractivity contribution in [1.29, 1.82) is 0 Å². The first-order valence-electron chi connectivity index (χ1n) is 5.17. The van der Waals surface area contributed by atoms with Crippen molar-refractivity contribution in [2.75, 3.05) is 5.75 Å². The molecule has 0 saturated carbocycles. The predicted molar refractivity (Wildman–Crippen MR) is 64.0 cm³/mol. The van der Waals surface area contributed by atoms with Crippen LogP contribution in [-0.4, -0.2) is 31.3 Å². The van der Waals surface area contributed by atoms with Crippen LogP contribution in [0.15, 0.2) is 35.7 Å². The van der Waals surface area contributed by atoms with Crippen LogP contribution in [0.1, 0.15) is 0 Å². The third-order valence-electron chi connectivity index (χ3n) is 2.38. The van der Waals surface area contributed by atoms with Crippen molar-refractivity contribution in [2.24, 2.45) is 0 Å². The number of aromatic nitrogens is 4. The number of carboxylic acid groups (broad SMARTS) is 1. The number of carbonyl (C=O) groups is 1. The molecule has 0 bridgehead atoms. The Balaban J connectivity index is 2.11. The third kappa shape index (κ3) is 1.88. The molecule has 18 heavy (non-hydrogen) atoms. The Labute approximate surface area is 106 Å². The number of rotatable bonds is 3. The first-order valence-corrected chi connectivity index (χ1v) is 6.15. The first-order chi connectivity index (χ1) is 8.74. The van der Waals surface area contributed by atoms with Gasteiger partial charge < -0.3 is 9.90 Å². The zero-order valence-corrected chi connectivity index (χ0v) is 9.92. The van der Waals surface area contributed by atoms with Crippen LogP contribution >= 0.6 is 11.8 Å². The molecule has 0 aliphatic rings. The largest absolute Gasteiger partial charge is 0.549 e. The summed E-state index contributed by atoms with van der Waals surface area (Å²) >= 11 is 1.03. The van der Waals surface area contributed by atoms with Gasteiger partial charge in [0.2, 0.25) is 5.16 Å². The van der Waals surface area contributed by atoms with Gasteiger partial charge in [-0.1, -0.05) is 23.9 Å². The molecule has 0 radical (unpaired) electrons. The maximum Gasteiger partial charge on any atom is 0.209 e. The van der Waals surface area contributed by atoms with Crippen molar-refractivity contribution in [3.05, 3.63) is 30.6 Å². The average Bonchev–Trinajstić information content (AvgIpc) is 2.79. The van der Waals surface area contributed by atoms with Crippen LogP contribution in [-0.2, 0) is 4.79 Å². The SMILES string of the molecule is O=C([O-])CSc1nc2c3ccccc3ncn2n1. The number of hydrogen-bond donors (Lipinski definition) is 0. The second-order valence-corrected chi connectivity index (χ2v) is 4.53. The van der Waals surface area contributed by atoms with Crippen LogP contribution < -0.4 is 5.11 Å². The highest BCUT2D eigenvalue weighted by Gasteiger charge is 2.08. The summed E-state index contributed by atoms with van der Waals surface area (Å²) in [6.07, 6.45) is 1.56. The number of benzene rings is 1. The normalized spacial score (nSPS) is 11.1. The fourth-order valence-corrected chi connectivity index (χ4v) is 2.19. The summed E-state index contributed by atoms with van der Waals surface area (Å²) in [7, 11) is 0. The third-order valence-corrected chi connectivity index (χ3v) is 3.19. The Bertz CT molecular complexity index is 740. The molecule has 90 valence electrons. The van der Waals surface area contributed by atoms with E-state index in [1.54, 1.807) is 10.8 Å². The molecule has 3 aromatic rings. The minimum Gasteiger partial charge on any atom is -0.549 e. The van der Waals surface area contributed by atoms with Crippen molar-refractivity contribution in [1.82, 2.24) is 19.6 Å². The monoisotopic (exact) mass is 259 g/mol. The topological polar surface area (TPSA) is 83.2 Å². The molecular formula is C11H7N4O2S-. The number of carboxylic acids is 1. The van der Waals surface area contributed by atoms with Crippen LogP contribution in [0.25, 0.3) is 16.6 Å². The van der Waals surface area contributed by atoms with Gasteiger partial charge >= 0.3 is 0 Å². The average molecular weight is 259 g/mol. The molecule has 0 unspecified atom stereocenters. The predicted octanol–water partition coefficient (Wildman–Crippen LogP) is 0.119. The van der Waals surface area contributed by atoms with E-state index >= 15 is 0 Å². The fourth-order valence-electron chi connectivity index (χ4n) is 1.64. The molecule has 6 nitrogen and oxygen atoms in total. The van der Waals surface area contributed by atoms with E-state index in [4.69, 9.17) is 0 Å². The fraction of sp³-hybridized carbons (Fsp3) is 0.0909. The Hall–Kier alpha value is -2.15. The Morgan fingerprint density at radius 1 is 1.39 bits per heavy atom. The van der Waals surface area contributed by atoms with Gasteiger partial charge in [-0.2, -0.15) is 0 Å². The van der Waals surface area contributed by atoms with E-state index in [9.17, 15) is 9.90 Å². The molecule has 0 amide bonds. The summed E-state index contributed by atoms with van der Waals surface area (Å²) in [5.41, 5.74) is 1.50. The molecular weight excluding hydrogens is 252 g/mol. The van der Waals surface area contributed by atoms with Gasteiger partial charge in [0.25, 0.3) is 0 Å². The summed E-state index contributed by atoms with van der Waals surface area (Å²) in [6.45, 7) is 0. The number of aliphatic carboxylic acids is 1. The van der Waals surface area contributed by atoms with Gasteiger partial charge in [-0.05, 0) is 12.1 Å². The molecule has 0 spiro atoms. The van der Waals surface area contributed by atoms with Crippen molar-refractivity contribution < 1.29 is 9.90 Å². The minimum atomic E-state index is -1.14. The molecule has 7 heteroatoms. The van der Waals surface area contributed by atoms with E-state index in [-0.39, 0.29) is 5.75 Å². The van der Waals surface area contributed by atoms with E-state index in [0.29, 0.717) is 10.8 Å². The maximum absolute atomic E-state index is 10.4. The van der Waals surface area contributed by atoms with Crippen molar-refractivity contribution in [2.45, 2.75) is 5.16 Å². The minimum absolute atomic E-state index is 0.164. The first kappa shape index (κ1) is 11.0. The number of fused-ring (bicyclic) bond motifs is 3. The van der Waals surface area contributed by atoms with Gasteiger partial charge in [-0.25, -0.2) is 14.5 Å². The number of carbonyl (C=O) groups excluding carboxylic acids is 1. The van der Waals surface area contributed by atoms with E-state index < -0.39 is 5.97 Å². The molecule has 0 aliphatic heterocycles. The smallest absolute Gasteiger partial charge is 0.209 e. The van der Waals surface area contributed by atoms with Crippen LogP contribution in [0.2, 0.25) is 0 Å². The number of nitrogens with zero attached hydrogens (tertiary/aromatic N) is 4. The summed E-state index contributed by atoms with van der Waals surface area (Å²) < 4.78 is 1.54. The van der Waals surface area contributed by atoms with E-state index in [2.05, 4.69) is 15.1 Å². The number of hydrogen-bond acceptors (Lipinski definition) is 6. The second kappa shape index (κ2) is 4.26. The van der Waals surface area contributed by atoms with Crippen molar-refractivity contribution in [3.8, 4) is 0 Å². The van der Waals surface area contributed by atoms with Crippen molar-refractivity contribution >= 4 is 34.3 Å². The molecule has 2 heterocycles.